The van der Waals surface area contributed by atoms with E-state index in [1.54, 1.807) is 0 Å². The highest BCUT2D eigenvalue weighted by Crippen LogP contribution is 2.23. The average Bonchev–Trinajstić information content (AvgIpc) is 2.85. The van der Waals surface area contributed by atoms with Gasteiger partial charge >= 0.3 is 0 Å². The first kappa shape index (κ1) is 15.0. The molecule has 8 heteroatoms. The summed E-state index contributed by atoms with van der Waals surface area (Å²) < 4.78 is 31.5. The summed E-state index contributed by atoms with van der Waals surface area (Å²) >= 11 is 1.40. The lowest BCUT2D eigenvalue weighted by Gasteiger charge is -2.03. The minimum absolute atomic E-state index is 0.154. The van der Waals surface area contributed by atoms with Crippen molar-refractivity contribution in [3.8, 4) is 0 Å². The molecule has 1 atom stereocenters. The van der Waals surface area contributed by atoms with Crippen molar-refractivity contribution in [3.05, 3.63) is 29.8 Å². The van der Waals surface area contributed by atoms with E-state index in [1.165, 1.54) is 30.0 Å². The largest absolute Gasteiger partial charge is 0.295 e. The van der Waals surface area contributed by atoms with E-state index in [0.717, 1.165) is 12.5 Å². The summed E-state index contributed by atoms with van der Waals surface area (Å²) in [6.07, 6.45) is 0.920. The molecular weight excluding hydrogens is 300 g/mol. The lowest BCUT2D eigenvalue weighted by atomic mass is 10.2. The zero-order chi connectivity index (χ0) is 14.8. The Labute approximate surface area is 121 Å². The van der Waals surface area contributed by atoms with E-state index < -0.39 is 20.9 Å². The van der Waals surface area contributed by atoms with E-state index >= 15 is 0 Å². The van der Waals surface area contributed by atoms with Gasteiger partial charge in [-0.25, -0.2) is 0 Å². The molecule has 1 aliphatic rings. The molecule has 1 heterocycles. The molecule has 1 aromatic carbocycles. The maximum absolute atomic E-state index is 12.0. The molecule has 1 saturated heterocycles. The second-order valence-corrected chi connectivity index (χ2v) is 6.82. The zero-order valence-corrected chi connectivity index (χ0v) is 12.3. The highest BCUT2D eigenvalue weighted by molar-refractivity contribution is 8.14. The number of benzene rings is 1. The quantitative estimate of drug-likeness (QED) is 0.854. The number of hydrogen-bond acceptors (Lipinski definition) is 4. The highest BCUT2D eigenvalue weighted by atomic mass is 32.2. The molecule has 1 unspecified atom stereocenters. The van der Waals surface area contributed by atoms with E-state index in [0.29, 0.717) is 17.0 Å². The van der Waals surface area contributed by atoms with Crippen LogP contribution in [0.4, 0.5) is 0 Å². The van der Waals surface area contributed by atoms with E-state index in [-0.39, 0.29) is 5.56 Å². The van der Waals surface area contributed by atoms with Crippen molar-refractivity contribution < 1.29 is 17.8 Å². The van der Waals surface area contributed by atoms with E-state index in [4.69, 9.17) is 4.55 Å². The fourth-order valence-electron chi connectivity index (χ4n) is 1.69. The highest BCUT2D eigenvalue weighted by Gasteiger charge is 2.24. The van der Waals surface area contributed by atoms with Gasteiger partial charge in [-0.15, -0.1) is 0 Å². The Morgan fingerprint density at radius 1 is 1.50 bits per heavy atom. The Hall–Kier alpha value is -1.38. The zero-order valence-electron chi connectivity index (χ0n) is 10.7. The smallest absolute Gasteiger partial charge is 0.282 e. The molecule has 1 N–H and O–H groups in total. The Morgan fingerprint density at radius 2 is 2.20 bits per heavy atom. The van der Waals surface area contributed by atoms with Crippen molar-refractivity contribution in [2.75, 3.05) is 6.54 Å². The van der Waals surface area contributed by atoms with Gasteiger partial charge in [0.2, 0.25) is 0 Å². The first-order chi connectivity index (χ1) is 9.41. The molecule has 1 aromatic rings. The number of amides is 1. The fourth-order valence-corrected chi connectivity index (χ4v) is 3.28. The molecule has 20 heavy (non-hydrogen) atoms. The number of amidine groups is 1. The number of carbonyl (C=O) groups is 1. The normalized spacial score (nSPS) is 20.9. The molecule has 1 amide bonds. The van der Waals surface area contributed by atoms with Gasteiger partial charge in [0.05, 0.1) is 12.1 Å². The molecule has 2 rings (SSSR count). The summed E-state index contributed by atoms with van der Waals surface area (Å²) in [6, 6.07) is 5.41. The molecule has 0 aliphatic carbocycles. The van der Waals surface area contributed by atoms with E-state index in [2.05, 4.69) is 10.3 Å². The predicted molar refractivity (Wildman–Crippen MR) is 76.7 cm³/mol. The molecule has 0 saturated carbocycles. The first-order valence-electron chi connectivity index (χ1n) is 5.95. The van der Waals surface area contributed by atoms with E-state index in [1.807, 2.05) is 6.92 Å². The van der Waals surface area contributed by atoms with Crippen LogP contribution in [0, 0.1) is 0 Å². The van der Waals surface area contributed by atoms with Crippen molar-refractivity contribution in [1.29, 1.82) is 0 Å². The second kappa shape index (κ2) is 5.94. The summed E-state index contributed by atoms with van der Waals surface area (Å²) in [4.78, 5) is 15.4. The van der Waals surface area contributed by atoms with Gasteiger partial charge in [-0.3, -0.25) is 14.7 Å². The van der Waals surface area contributed by atoms with Crippen molar-refractivity contribution in [2.24, 2.45) is 4.99 Å². The lowest BCUT2D eigenvalue weighted by Crippen LogP contribution is -2.11. The Bertz CT molecular complexity index is 655. The van der Waals surface area contributed by atoms with Gasteiger partial charge in [-0.05, 0) is 18.6 Å². The Balaban J connectivity index is 2.29. The first-order valence-corrected chi connectivity index (χ1v) is 8.27. The third kappa shape index (κ3) is 3.38. The predicted octanol–water partition coefficient (Wildman–Crippen LogP) is 1.56. The van der Waals surface area contributed by atoms with Gasteiger partial charge in [-0.2, -0.15) is 13.4 Å². The van der Waals surface area contributed by atoms with Gasteiger partial charge < -0.3 is 0 Å². The molecule has 1 radical (unpaired) electrons. The Kier molecular flexibility index (Phi) is 4.46. The summed E-state index contributed by atoms with van der Waals surface area (Å²) in [6.45, 7) is 2.62. The van der Waals surface area contributed by atoms with Gasteiger partial charge in [0.15, 0.2) is 5.17 Å². The molecular formula is C12H13N2O4S2. The van der Waals surface area contributed by atoms with Crippen LogP contribution in [-0.2, 0) is 10.1 Å². The summed E-state index contributed by atoms with van der Waals surface area (Å²) in [5.41, 5.74) is -0.154. The van der Waals surface area contributed by atoms with Crippen molar-refractivity contribution >= 4 is 33.0 Å². The average molecular weight is 313 g/mol. The number of hydrogen-bond donors (Lipinski definition) is 1. The fraction of sp³-hybridized carbons (Fsp3) is 0.333. The topological polar surface area (TPSA) is 97.9 Å². The maximum Gasteiger partial charge on any atom is 0.295 e. The second-order valence-electron chi connectivity index (χ2n) is 4.16. The standard InChI is InChI=1S/C12H13N2O4S2/c1-2-8-7-13-12(19-8)14-11(15)9-5-3-4-6-10(9)20(16,17)18/h3-6,8H,2,7H2,1H3,(H,16,17,18). The number of aliphatic imine (C=N–C) groups is 1. The third-order valence-corrected chi connectivity index (χ3v) is 4.91. The molecule has 0 aromatic heterocycles. The number of nitrogens with zero attached hydrogens (tertiary/aromatic N) is 2. The molecule has 1 fully saturated rings. The summed E-state index contributed by atoms with van der Waals surface area (Å²) in [7, 11) is -4.46. The van der Waals surface area contributed by atoms with Crippen LogP contribution in [-0.4, -0.2) is 35.8 Å². The van der Waals surface area contributed by atoms with Crippen LogP contribution in [0.2, 0.25) is 0 Å². The number of carbonyl (C=O) groups excluding carboxylic acids is 1. The molecule has 0 bridgehead atoms. The van der Waals surface area contributed by atoms with Gasteiger partial charge in [0, 0.05) is 5.25 Å². The SMILES string of the molecule is CCC1C[N]C(=NC(=O)c2ccccc2S(=O)(=O)O)S1. The lowest BCUT2D eigenvalue weighted by molar-refractivity contribution is 0.0999. The van der Waals surface area contributed by atoms with Gasteiger partial charge in [-0.1, -0.05) is 30.8 Å². The van der Waals surface area contributed by atoms with Crippen LogP contribution < -0.4 is 5.32 Å². The molecule has 1 aliphatic heterocycles. The van der Waals surface area contributed by atoms with Crippen LogP contribution in [0.3, 0.4) is 0 Å². The minimum Gasteiger partial charge on any atom is -0.282 e. The summed E-state index contributed by atoms with van der Waals surface area (Å²) in [5, 5.41) is 4.78. The van der Waals surface area contributed by atoms with Crippen LogP contribution in [0.5, 0.6) is 0 Å². The van der Waals surface area contributed by atoms with E-state index in [9.17, 15) is 13.2 Å². The molecule has 6 nitrogen and oxygen atoms in total. The maximum atomic E-state index is 12.0. The third-order valence-electron chi connectivity index (χ3n) is 2.75. The number of thioether (sulfide) groups is 1. The monoisotopic (exact) mass is 313 g/mol. The minimum atomic E-state index is -4.46. The van der Waals surface area contributed by atoms with Crippen molar-refractivity contribution in [2.45, 2.75) is 23.5 Å². The Morgan fingerprint density at radius 3 is 2.80 bits per heavy atom. The van der Waals surface area contributed by atoms with Crippen LogP contribution >= 0.6 is 11.8 Å². The summed E-state index contributed by atoms with van der Waals surface area (Å²) in [5.74, 6) is -0.721. The van der Waals surface area contributed by atoms with Gasteiger partial charge in [0.1, 0.15) is 4.90 Å². The van der Waals surface area contributed by atoms with Crippen LogP contribution in [0.1, 0.15) is 23.7 Å². The van der Waals surface area contributed by atoms with Crippen molar-refractivity contribution in [3.63, 3.8) is 0 Å². The number of rotatable bonds is 3. The van der Waals surface area contributed by atoms with Crippen molar-refractivity contribution in [1.82, 2.24) is 5.32 Å². The molecule has 107 valence electrons. The van der Waals surface area contributed by atoms with Crippen LogP contribution in [0.25, 0.3) is 0 Å². The van der Waals surface area contributed by atoms with Crippen LogP contribution in [0.15, 0.2) is 34.2 Å². The molecule has 0 spiro atoms. The van der Waals surface area contributed by atoms with Gasteiger partial charge in [0.25, 0.3) is 16.0 Å².